The van der Waals surface area contributed by atoms with Crippen LogP contribution in [0.25, 0.3) is 0 Å². The third kappa shape index (κ3) is 2.28. The largest absolute Gasteiger partial charge is 0.394 e. The van der Waals surface area contributed by atoms with Crippen molar-refractivity contribution >= 4 is 16.9 Å². The van der Waals surface area contributed by atoms with E-state index in [1.54, 1.807) is 6.92 Å². The molecule has 7 nitrogen and oxygen atoms in total. The molecule has 98 valence electrons. The van der Waals surface area contributed by atoms with Crippen LogP contribution in [-0.4, -0.2) is 73.7 Å². The summed E-state index contributed by atoms with van der Waals surface area (Å²) in [5.74, 6) is 0. The van der Waals surface area contributed by atoms with E-state index in [-0.39, 0.29) is 6.61 Å². The minimum atomic E-state index is -1.17. The number of aliphatic hydroxyl groups is 3. The highest BCUT2D eigenvalue weighted by Crippen LogP contribution is 2.36. The summed E-state index contributed by atoms with van der Waals surface area (Å²) in [5, 5.41) is 39.4. The number of hydrogen-bond acceptors (Lipinski definition) is 8. The number of amidine groups is 1. The van der Waals surface area contributed by atoms with E-state index in [1.807, 2.05) is 0 Å². The SMILES string of the molecule is CCN(O)C1=N[C@@H]2[C@@H](O)[C@H](O)[C@@H](CO)O[C@@H]2S1. The van der Waals surface area contributed by atoms with Gasteiger partial charge in [-0.1, -0.05) is 11.8 Å². The molecule has 0 amide bonds. The number of aliphatic hydroxyl groups excluding tert-OH is 3. The van der Waals surface area contributed by atoms with Crippen LogP contribution in [0.3, 0.4) is 0 Å². The second-order valence-corrected chi connectivity index (χ2v) is 5.01. The highest BCUT2D eigenvalue weighted by molar-refractivity contribution is 8.14. The van der Waals surface area contributed by atoms with Crippen molar-refractivity contribution in [3.05, 3.63) is 0 Å². The van der Waals surface area contributed by atoms with Crippen LogP contribution in [0, 0.1) is 0 Å². The topological polar surface area (TPSA) is 106 Å². The van der Waals surface area contributed by atoms with E-state index in [1.165, 1.54) is 11.8 Å². The third-order valence-electron chi connectivity index (χ3n) is 2.85. The van der Waals surface area contributed by atoms with Gasteiger partial charge in [-0.3, -0.25) is 10.2 Å². The lowest BCUT2D eigenvalue weighted by molar-refractivity contribution is -0.164. The monoisotopic (exact) mass is 264 g/mol. The molecule has 4 N–H and O–H groups in total. The number of fused-ring (bicyclic) bond motifs is 1. The summed E-state index contributed by atoms with van der Waals surface area (Å²) in [5.41, 5.74) is -0.484. The van der Waals surface area contributed by atoms with Crippen LogP contribution in [0.2, 0.25) is 0 Å². The van der Waals surface area contributed by atoms with Crippen molar-refractivity contribution < 1.29 is 25.3 Å². The molecule has 0 radical (unpaired) electrons. The Morgan fingerprint density at radius 3 is 2.71 bits per heavy atom. The quantitative estimate of drug-likeness (QED) is 0.455. The maximum Gasteiger partial charge on any atom is 0.186 e. The van der Waals surface area contributed by atoms with Crippen LogP contribution in [0.4, 0.5) is 0 Å². The Morgan fingerprint density at radius 1 is 1.41 bits per heavy atom. The Kier molecular flexibility index (Phi) is 3.91. The minimum Gasteiger partial charge on any atom is -0.394 e. The first kappa shape index (κ1) is 13.1. The van der Waals surface area contributed by atoms with Gasteiger partial charge in [0.1, 0.15) is 29.8 Å². The first-order chi connectivity index (χ1) is 8.08. The van der Waals surface area contributed by atoms with Gasteiger partial charge in [0, 0.05) is 6.54 Å². The van der Waals surface area contributed by atoms with Gasteiger partial charge >= 0.3 is 0 Å². The van der Waals surface area contributed by atoms with E-state index < -0.39 is 29.8 Å². The molecule has 0 aromatic rings. The molecule has 0 aliphatic carbocycles. The zero-order chi connectivity index (χ0) is 12.6. The van der Waals surface area contributed by atoms with Gasteiger partial charge in [0.15, 0.2) is 5.17 Å². The first-order valence-electron chi connectivity index (χ1n) is 5.41. The zero-order valence-electron chi connectivity index (χ0n) is 9.30. The summed E-state index contributed by atoms with van der Waals surface area (Å²) in [7, 11) is 0. The Labute approximate surface area is 103 Å². The molecule has 1 fully saturated rings. The number of hydroxylamine groups is 2. The van der Waals surface area contributed by atoms with Gasteiger partial charge < -0.3 is 20.1 Å². The fraction of sp³-hybridized carbons (Fsp3) is 0.889. The summed E-state index contributed by atoms with van der Waals surface area (Å²) in [6.45, 7) is 1.76. The second-order valence-electron chi connectivity index (χ2n) is 3.94. The van der Waals surface area contributed by atoms with Crippen molar-refractivity contribution in [1.82, 2.24) is 5.06 Å². The summed E-state index contributed by atoms with van der Waals surface area (Å²) >= 11 is 1.17. The zero-order valence-corrected chi connectivity index (χ0v) is 10.1. The van der Waals surface area contributed by atoms with Crippen molar-refractivity contribution in [2.45, 2.75) is 36.7 Å². The van der Waals surface area contributed by atoms with Gasteiger partial charge in [0.25, 0.3) is 0 Å². The number of aliphatic imine (C=N–C) groups is 1. The molecule has 17 heavy (non-hydrogen) atoms. The molecule has 0 saturated carbocycles. The van der Waals surface area contributed by atoms with E-state index >= 15 is 0 Å². The summed E-state index contributed by atoms with van der Waals surface area (Å²) in [6.07, 6.45) is -3.08. The highest BCUT2D eigenvalue weighted by Gasteiger charge is 2.48. The first-order valence-corrected chi connectivity index (χ1v) is 6.29. The van der Waals surface area contributed by atoms with Gasteiger partial charge in [0.05, 0.1) is 6.61 Å². The molecule has 0 aromatic heterocycles. The normalized spacial score (nSPS) is 41.0. The molecule has 2 rings (SSSR count). The summed E-state index contributed by atoms with van der Waals surface area (Å²) in [4.78, 5) is 4.12. The van der Waals surface area contributed by atoms with E-state index in [2.05, 4.69) is 4.99 Å². The maximum absolute atomic E-state index is 9.86. The van der Waals surface area contributed by atoms with Gasteiger partial charge in [-0.2, -0.15) is 0 Å². The molecule has 1 saturated heterocycles. The average Bonchev–Trinajstić information content (AvgIpc) is 2.76. The Balaban J connectivity index is 2.12. The lowest BCUT2D eigenvalue weighted by atomic mass is 9.99. The maximum atomic E-state index is 9.86. The number of hydrogen-bond donors (Lipinski definition) is 4. The van der Waals surface area contributed by atoms with Crippen LogP contribution in [-0.2, 0) is 4.74 Å². The van der Waals surface area contributed by atoms with E-state index in [4.69, 9.17) is 9.84 Å². The molecule has 0 bridgehead atoms. The second kappa shape index (κ2) is 5.09. The Bertz CT molecular complexity index is 316. The molecule has 2 heterocycles. The van der Waals surface area contributed by atoms with Crippen LogP contribution in [0.5, 0.6) is 0 Å². The molecule has 0 spiro atoms. The van der Waals surface area contributed by atoms with Crippen LogP contribution in [0.1, 0.15) is 6.92 Å². The minimum absolute atomic E-state index is 0.354. The Morgan fingerprint density at radius 2 is 2.12 bits per heavy atom. The molecule has 2 aliphatic rings. The highest BCUT2D eigenvalue weighted by atomic mass is 32.2. The molecule has 2 aliphatic heterocycles. The van der Waals surface area contributed by atoms with Gasteiger partial charge in [0.2, 0.25) is 0 Å². The van der Waals surface area contributed by atoms with Gasteiger partial charge in [-0.15, -0.1) is 0 Å². The molecular formula is C9H16N2O5S. The fourth-order valence-electron chi connectivity index (χ4n) is 1.83. The fourth-order valence-corrected chi connectivity index (χ4v) is 3.03. The number of ether oxygens (including phenoxy) is 1. The summed E-state index contributed by atoms with van der Waals surface area (Å²) < 4.78 is 5.42. The Hall–Kier alpha value is -0.380. The van der Waals surface area contributed by atoms with Crippen LogP contribution in [0.15, 0.2) is 4.99 Å². The van der Waals surface area contributed by atoms with Crippen molar-refractivity contribution in [1.29, 1.82) is 0 Å². The number of thioether (sulfide) groups is 1. The predicted octanol–water partition coefficient (Wildman–Crippen LogP) is -1.39. The van der Waals surface area contributed by atoms with Crippen molar-refractivity contribution in [3.8, 4) is 0 Å². The predicted molar refractivity (Wildman–Crippen MR) is 60.7 cm³/mol. The van der Waals surface area contributed by atoms with E-state index in [0.29, 0.717) is 11.7 Å². The third-order valence-corrected chi connectivity index (χ3v) is 4.00. The van der Waals surface area contributed by atoms with Gasteiger partial charge in [-0.25, -0.2) is 5.06 Å². The van der Waals surface area contributed by atoms with E-state index in [0.717, 1.165) is 5.06 Å². The average molecular weight is 264 g/mol. The number of rotatable bonds is 2. The van der Waals surface area contributed by atoms with Crippen molar-refractivity contribution in [2.75, 3.05) is 13.2 Å². The lowest BCUT2D eigenvalue weighted by Gasteiger charge is -2.37. The molecule has 0 aromatic carbocycles. The summed E-state index contributed by atoms with van der Waals surface area (Å²) in [6, 6.07) is -0.617. The molecule has 0 unspecified atom stereocenters. The standard InChI is InChI=1S/C9H16N2O5S/c1-2-11(15)9-10-5-7(14)6(13)4(3-12)16-8(5)17-9/h4-8,12-15H,2-3H2,1H3/t4-,5-,6-,7-,8-/m1/s1. The molecule has 8 heteroatoms. The van der Waals surface area contributed by atoms with Crippen molar-refractivity contribution in [2.24, 2.45) is 4.99 Å². The molecule has 5 atom stereocenters. The van der Waals surface area contributed by atoms with Crippen molar-refractivity contribution in [3.63, 3.8) is 0 Å². The van der Waals surface area contributed by atoms with E-state index in [9.17, 15) is 15.4 Å². The number of nitrogens with zero attached hydrogens (tertiary/aromatic N) is 2. The molecular weight excluding hydrogens is 248 g/mol. The smallest absolute Gasteiger partial charge is 0.186 e. The lowest BCUT2D eigenvalue weighted by Crippen LogP contribution is -2.55. The van der Waals surface area contributed by atoms with Crippen LogP contribution < -0.4 is 0 Å². The van der Waals surface area contributed by atoms with Gasteiger partial charge in [-0.05, 0) is 6.92 Å². The van der Waals surface area contributed by atoms with Crippen LogP contribution >= 0.6 is 11.8 Å².